The molecule has 1 aliphatic heterocycles. The lowest BCUT2D eigenvalue weighted by Gasteiger charge is -2.34. The minimum atomic E-state index is -0.339. The van der Waals surface area contributed by atoms with Crippen LogP contribution < -0.4 is 0 Å². The van der Waals surface area contributed by atoms with Crippen LogP contribution in [-0.4, -0.2) is 61.4 Å². The second kappa shape index (κ2) is 9.10. The van der Waals surface area contributed by atoms with Crippen molar-refractivity contribution in [1.29, 1.82) is 0 Å². The Morgan fingerprint density at radius 3 is 2.55 bits per heavy atom. The van der Waals surface area contributed by atoms with Gasteiger partial charge in [-0.15, -0.1) is 0 Å². The number of nitrogens with zero attached hydrogens (tertiary/aromatic N) is 6. The van der Waals surface area contributed by atoms with Crippen molar-refractivity contribution in [2.75, 3.05) is 26.2 Å². The molecule has 31 heavy (non-hydrogen) atoms. The lowest BCUT2D eigenvalue weighted by atomic mass is 10.2. The quantitative estimate of drug-likeness (QED) is 0.526. The van der Waals surface area contributed by atoms with Crippen LogP contribution in [0.25, 0.3) is 0 Å². The molecule has 164 valence electrons. The van der Waals surface area contributed by atoms with E-state index < -0.39 is 0 Å². The van der Waals surface area contributed by atoms with Crippen molar-refractivity contribution in [3.63, 3.8) is 0 Å². The number of aromatic nitrogens is 4. The monoisotopic (exact) mass is 508 g/mol. The van der Waals surface area contributed by atoms with E-state index in [9.17, 15) is 9.18 Å². The van der Waals surface area contributed by atoms with Crippen LogP contribution >= 0.6 is 27.5 Å². The summed E-state index contributed by atoms with van der Waals surface area (Å²) in [4.78, 5) is 16.9. The van der Waals surface area contributed by atoms with Crippen molar-refractivity contribution in [2.24, 2.45) is 0 Å². The largest absolute Gasteiger partial charge is 0.335 e. The Labute approximate surface area is 193 Å². The van der Waals surface area contributed by atoms with Gasteiger partial charge in [0.15, 0.2) is 0 Å². The van der Waals surface area contributed by atoms with Crippen LogP contribution in [0.2, 0.25) is 5.02 Å². The van der Waals surface area contributed by atoms with Crippen LogP contribution in [0.3, 0.4) is 0 Å². The van der Waals surface area contributed by atoms with Crippen LogP contribution in [0.5, 0.6) is 0 Å². The molecule has 0 N–H and O–H groups in total. The molecule has 3 heterocycles. The van der Waals surface area contributed by atoms with Crippen molar-refractivity contribution in [2.45, 2.75) is 27.1 Å². The Bertz CT molecular complexity index is 1110. The average Bonchev–Trinajstić information content (AvgIpc) is 3.31. The molecule has 4 rings (SSSR count). The molecule has 0 radical (unpaired) electrons. The zero-order valence-electron chi connectivity index (χ0n) is 17.4. The Balaban J connectivity index is 1.34. The molecular formula is C21H23BrClFN6O. The van der Waals surface area contributed by atoms with Crippen molar-refractivity contribution >= 4 is 33.4 Å². The van der Waals surface area contributed by atoms with Gasteiger partial charge >= 0.3 is 0 Å². The van der Waals surface area contributed by atoms with Gasteiger partial charge in [0.1, 0.15) is 18.2 Å². The second-order valence-electron chi connectivity index (χ2n) is 7.67. The van der Waals surface area contributed by atoms with E-state index in [1.807, 2.05) is 23.4 Å². The summed E-state index contributed by atoms with van der Waals surface area (Å²) in [5.41, 5.74) is 3.24. The first-order chi connectivity index (χ1) is 14.8. The Morgan fingerprint density at radius 1 is 1.16 bits per heavy atom. The molecule has 0 atom stereocenters. The molecule has 0 bridgehead atoms. The molecule has 0 aliphatic carbocycles. The minimum Gasteiger partial charge on any atom is -0.335 e. The smallest absolute Gasteiger partial charge is 0.274 e. The standard InChI is InChI=1S/C21H23BrClFN6O/c1-14-20(22)15(2)30(25-14)13-29-6-5-19(26-29)21(31)28-9-7-27(8-10-28)12-16-3-4-17(24)11-18(16)23/h3-6,11H,7-10,12-13H2,1-2H3. The van der Waals surface area contributed by atoms with E-state index in [0.717, 1.165) is 34.5 Å². The van der Waals surface area contributed by atoms with Gasteiger partial charge in [-0.3, -0.25) is 14.4 Å². The number of hydrogen-bond acceptors (Lipinski definition) is 4. The molecule has 10 heteroatoms. The summed E-state index contributed by atoms with van der Waals surface area (Å²) >= 11 is 9.66. The third-order valence-electron chi connectivity index (χ3n) is 5.50. The maximum atomic E-state index is 13.2. The lowest BCUT2D eigenvalue weighted by Crippen LogP contribution is -2.48. The van der Waals surface area contributed by atoms with E-state index in [1.54, 1.807) is 23.0 Å². The highest BCUT2D eigenvalue weighted by Crippen LogP contribution is 2.21. The van der Waals surface area contributed by atoms with Crippen molar-refractivity contribution in [1.82, 2.24) is 29.4 Å². The average molecular weight is 510 g/mol. The van der Waals surface area contributed by atoms with Gasteiger partial charge in [0, 0.05) is 43.9 Å². The molecule has 1 amide bonds. The molecule has 1 saturated heterocycles. The van der Waals surface area contributed by atoms with Crippen LogP contribution in [-0.2, 0) is 13.2 Å². The van der Waals surface area contributed by atoms with Crippen LogP contribution in [0, 0.1) is 19.7 Å². The number of carbonyl (C=O) groups is 1. The van der Waals surface area contributed by atoms with Gasteiger partial charge in [-0.1, -0.05) is 17.7 Å². The number of carbonyl (C=O) groups excluding carboxylic acids is 1. The number of benzene rings is 1. The molecule has 3 aromatic rings. The van der Waals surface area contributed by atoms with E-state index in [4.69, 9.17) is 11.6 Å². The van der Waals surface area contributed by atoms with Gasteiger partial charge in [0.2, 0.25) is 0 Å². The number of hydrogen-bond donors (Lipinski definition) is 0. The number of aryl methyl sites for hydroxylation is 1. The summed E-state index contributed by atoms with van der Waals surface area (Å²) in [7, 11) is 0. The molecule has 1 fully saturated rings. The van der Waals surface area contributed by atoms with Crippen LogP contribution in [0.1, 0.15) is 27.4 Å². The zero-order chi connectivity index (χ0) is 22.1. The maximum Gasteiger partial charge on any atom is 0.274 e. The van der Waals surface area contributed by atoms with E-state index in [1.165, 1.54) is 12.1 Å². The first-order valence-corrected chi connectivity index (χ1v) is 11.2. The Hall–Kier alpha value is -2.23. The highest BCUT2D eigenvalue weighted by molar-refractivity contribution is 9.10. The summed E-state index contributed by atoms with van der Waals surface area (Å²) in [5.74, 6) is -0.415. The Morgan fingerprint density at radius 2 is 1.90 bits per heavy atom. The first-order valence-electron chi connectivity index (χ1n) is 10.0. The van der Waals surface area contributed by atoms with Crippen molar-refractivity contribution in [3.05, 3.63) is 68.4 Å². The van der Waals surface area contributed by atoms with Gasteiger partial charge in [0.25, 0.3) is 5.91 Å². The van der Waals surface area contributed by atoms with Gasteiger partial charge in [0.05, 0.1) is 15.9 Å². The molecule has 1 aliphatic rings. The third kappa shape index (κ3) is 4.83. The summed E-state index contributed by atoms with van der Waals surface area (Å²) in [6, 6.07) is 6.21. The first kappa shape index (κ1) is 22.0. The highest BCUT2D eigenvalue weighted by atomic mass is 79.9. The Kier molecular flexibility index (Phi) is 6.45. The normalized spacial score (nSPS) is 14.9. The van der Waals surface area contributed by atoms with E-state index in [0.29, 0.717) is 37.0 Å². The molecule has 0 unspecified atom stereocenters. The van der Waals surface area contributed by atoms with Crippen LogP contribution in [0.15, 0.2) is 34.9 Å². The van der Waals surface area contributed by atoms with Crippen LogP contribution in [0.4, 0.5) is 4.39 Å². The lowest BCUT2D eigenvalue weighted by molar-refractivity contribution is 0.0621. The van der Waals surface area contributed by atoms with Crippen molar-refractivity contribution < 1.29 is 9.18 Å². The SMILES string of the molecule is Cc1nn(Cn2ccc(C(=O)N3CCN(Cc4ccc(F)cc4Cl)CC3)n2)c(C)c1Br. The van der Waals surface area contributed by atoms with E-state index in [-0.39, 0.29) is 11.7 Å². The second-order valence-corrected chi connectivity index (χ2v) is 8.87. The number of rotatable bonds is 5. The predicted octanol–water partition coefficient (Wildman–Crippen LogP) is 3.72. The summed E-state index contributed by atoms with van der Waals surface area (Å²) in [5, 5.41) is 9.36. The summed E-state index contributed by atoms with van der Waals surface area (Å²) in [6.07, 6.45) is 1.80. The molecule has 0 spiro atoms. The number of halogens is 3. The minimum absolute atomic E-state index is 0.0761. The summed E-state index contributed by atoms with van der Waals surface area (Å²) in [6.45, 7) is 7.66. The fraction of sp³-hybridized carbons (Fsp3) is 0.381. The molecule has 1 aromatic carbocycles. The third-order valence-corrected chi connectivity index (χ3v) is 7.00. The van der Waals surface area contributed by atoms with E-state index in [2.05, 4.69) is 31.0 Å². The molecule has 7 nitrogen and oxygen atoms in total. The van der Waals surface area contributed by atoms with Crippen molar-refractivity contribution in [3.8, 4) is 0 Å². The molecule has 2 aromatic heterocycles. The van der Waals surface area contributed by atoms with Gasteiger partial charge in [-0.05, 0) is 53.5 Å². The fourth-order valence-corrected chi connectivity index (χ4v) is 4.18. The van der Waals surface area contributed by atoms with Gasteiger partial charge < -0.3 is 4.90 Å². The summed E-state index contributed by atoms with van der Waals surface area (Å²) < 4.78 is 17.8. The van der Waals surface area contributed by atoms with E-state index >= 15 is 0 Å². The fourth-order valence-electron chi connectivity index (χ4n) is 3.67. The van der Waals surface area contributed by atoms with Gasteiger partial charge in [-0.25, -0.2) is 9.07 Å². The number of piperazine rings is 1. The molecule has 0 saturated carbocycles. The predicted molar refractivity (Wildman–Crippen MR) is 120 cm³/mol. The maximum absolute atomic E-state index is 13.2. The van der Waals surface area contributed by atoms with Gasteiger partial charge in [-0.2, -0.15) is 10.2 Å². The highest BCUT2D eigenvalue weighted by Gasteiger charge is 2.24. The number of amides is 1. The topological polar surface area (TPSA) is 59.2 Å². The molecular weight excluding hydrogens is 487 g/mol. The zero-order valence-corrected chi connectivity index (χ0v) is 19.7.